The van der Waals surface area contributed by atoms with Gasteiger partial charge in [0.25, 0.3) is 0 Å². The highest BCUT2D eigenvalue weighted by Gasteiger charge is 2.23. The van der Waals surface area contributed by atoms with E-state index in [1.54, 1.807) is 38.0 Å². The van der Waals surface area contributed by atoms with Gasteiger partial charge in [0, 0.05) is 25.4 Å². The molecule has 0 fully saturated rings. The van der Waals surface area contributed by atoms with E-state index in [4.69, 9.17) is 0 Å². The molecule has 0 saturated heterocycles. The fourth-order valence-electron chi connectivity index (χ4n) is 1.77. The van der Waals surface area contributed by atoms with Crippen molar-refractivity contribution in [1.82, 2.24) is 24.7 Å². The van der Waals surface area contributed by atoms with E-state index in [9.17, 15) is 8.42 Å². The number of sulfonamides is 1. The number of nitrogens with one attached hydrogen (secondary N) is 2. The fraction of sp³-hybridized carbons (Fsp3) is 0.400. The predicted molar refractivity (Wildman–Crippen MR) is 65.3 cm³/mol. The molecule has 2 N–H and O–H groups in total. The van der Waals surface area contributed by atoms with E-state index in [2.05, 4.69) is 20.0 Å². The maximum atomic E-state index is 12.2. The quantitative estimate of drug-likeness (QED) is 0.831. The zero-order chi connectivity index (χ0) is 13.3. The highest BCUT2D eigenvalue weighted by Crippen LogP contribution is 2.18. The molecule has 0 atom stereocenters. The molecule has 2 rings (SSSR count). The van der Waals surface area contributed by atoms with Crippen molar-refractivity contribution in [2.24, 2.45) is 7.05 Å². The summed E-state index contributed by atoms with van der Waals surface area (Å²) < 4.78 is 28.5. The molecule has 2 aromatic heterocycles. The number of aromatic amines is 1. The van der Waals surface area contributed by atoms with Crippen LogP contribution in [0.25, 0.3) is 0 Å². The van der Waals surface area contributed by atoms with E-state index in [1.165, 1.54) is 0 Å². The zero-order valence-electron chi connectivity index (χ0n) is 10.4. The fourth-order valence-corrected chi connectivity index (χ4v) is 3.22. The van der Waals surface area contributed by atoms with Crippen LogP contribution in [-0.2, 0) is 23.6 Å². The maximum Gasteiger partial charge on any atom is 0.244 e. The highest BCUT2D eigenvalue weighted by molar-refractivity contribution is 7.89. The molecule has 98 valence electrons. The van der Waals surface area contributed by atoms with Gasteiger partial charge in [0.05, 0.1) is 17.6 Å². The Morgan fingerprint density at radius 3 is 2.67 bits per heavy atom. The third-order valence-electron chi connectivity index (χ3n) is 2.73. The lowest BCUT2D eigenvalue weighted by molar-refractivity contribution is 0.579. The summed E-state index contributed by atoms with van der Waals surface area (Å²) in [5, 5.41) is 10.5. The van der Waals surface area contributed by atoms with Crippen LogP contribution in [0.2, 0.25) is 0 Å². The van der Waals surface area contributed by atoms with Gasteiger partial charge in [-0.2, -0.15) is 10.2 Å². The number of rotatable bonds is 4. The first kappa shape index (κ1) is 12.8. The molecule has 0 amide bonds. The highest BCUT2D eigenvalue weighted by atomic mass is 32.2. The van der Waals surface area contributed by atoms with Gasteiger partial charge in [-0.05, 0) is 13.8 Å². The summed E-state index contributed by atoms with van der Waals surface area (Å²) in [4.78, 5) is 0.244. The molecule has 0 saturated carbocycles. The van der Waals surface area contributed by atoms with Gasteiger partial charge in [-0.15, -0.1) is 0 Å². The number of aromatic nitrogens is 4. The molecule has 0 unspecified atom stereocenters. The third-order valence-corrected chi connectivity index (χ3v) is 4.39. The average Bonchev–Trinajstić information content (AvgIpc) is 2.86. The van der Waals surface area contributed by atoms with Gasteiger partial charge >= 0.3 is 0 Å². The van der Waals surface area contributed by atoms with Crippen molar-refractivity contribution in [2.75, 3.05) is 0 Å². The third kappa shape index (κ3) is 2.29. The van der Waals surface area contributed by atoms with Crippen LogP contribution in [0.4, 0.5) is 0 Å². The van der Waals surface area contributed by atoms with Crippen molar-refractivity contribution in [3.8, 4) is 0 Å². The Balaban J connectivity index is 2.26. The lowest BCUT2D eigenvalue weighted by Crippen LogP contribution is -2.24. The standard InChI is InChI=1S/C10H15N5O2S/c1-7-10(8(2)15(3)14-7)18(16,17)13-6-9-4-11-12-5-9/h4-5,13H,6H2,1-3H3,(H,11,12). The van der Waals surface area contributed by atoms with Crippen molar-refractivity contribution < 1.29 is 8.42 Å². The first-order chi connectivity index (χ1) is 8.42. The lowest BCUT2D eigenvalue weighted by atomic mass is 10.4. The van der Waals surface area contributed by atoms with Crippen LogP contribution in [0.3, 0.4) is 0 Å². The molecule has 18 heavy (non-hydrogen) atoms. The molecule has 0 aromatic carbocycles. The Morgan fingerprint density at radius 2 is 2.17 bits per heavy atom. The maximum absolute atomic E-state index is 12.2. The normalized spacial score (nSPS) is 11.9. The monoisotopic (exact) mass is 269 g/mol. The molecule has 0 bridgehead atoms. The minimum atomic E-state index is -3.55. The van der Waals surface area contributed by atoms with Crippen LogP contribution >= 0.6 is 0 Å². The minimum Gasteiger partial charge on any atom is -0.285 e. The SMILES string of the molecule is Cc1nn(C)c(C)c1S(=O)(=O)NCc1cn[nH]c1. The van der Waals surface area contributed by atoms with Gasteiger partial charge in [0.15, 0.2) is 0 Å². The summed E-state index contributed by atoms with van der Waals surface area (Å²) in [7, 11) is -1.83. The average molecular weight is 269 g/mol. The van der Waals surface area contributed by atoms with Gasteiger partial charge in [-0.3, -0.25) is 9.78 Å². The van der Waals surface area contributed by atoms with Crippen molar-refractivity contribution in [2.45, 2.75) is 25.3 Å². The van der Waals surface area contributed by atoms with E-state index in [0.717, 1.165) is 5.56 Å². The summed E-state index contributed by atoms with van der Waals surface area (Å²) in [6.45, 7) is 3.61. The van der Waals surface area contributed by atoms with Gasteiger partial charge < -0.3 is 0 Å². The van der Waals surface area contributed by atoms with E-state index >= 15 is 0 Å². The molecule has 7 nitrogen and oxygen atoms in total. The summed E-state index contributed by atoms with van der Waals surface area (Å²) in [6, 6.07) is 0. The van der Waals surface area contributed by atoms with E-state index in [0.29, 0.717) is 11.4 Å². The molecule has 2 aromatic rings. The Morgan fingerprint density at radius 1 is 1.44 bits per heavy atom. The molecule has 0 spiro atoms. The predicted octanol–water partition coefficient (Wildman–Crippen LogP) is 0.239. The van der Waals surface area contributed by atoms with Crippen LogP contribution in [0, 0.1) is 13.8 Å². The van der Waals surface area contributed by atoms with E-state index in [-0.39, 0.29) is 11.4 Å². The minimum absolute atomic E-state index is 0.201. The lowest BCUT2D eigenvalue weighted by Gasteiger charge is -2.05. The number of nitrogens with zero attached hydrogens (tertiary/aromatic N) is 3. The second kappa shape index (κ2) is 4.54. The molecule has 2 heterocycles. The molecule has 0 aliphatic heterocycles. The van der Waals surface area contributed by atoms with E-state index < -0.39 is 10.0 Å². The Hall–Kier alpha value is -1.67. The number of hydrogen-bond donors (Lipinski definition) is 2. The van der Waals surface area contributed by atoms with Crippen molar-refractivity contribution in [1.29, 1.82) is 0 Å². The van der Waals surface area contributed by atoms with E-state index in [1.807, 2.05) is 0 Å². The Kier molecular flexibility index (Phi) is 3.22. The summed E-state index contributed by atoms with van der Waals surface area (Å²) in [5.41, 5.74) is 1.89. The number of H-pyrrole nitrogens is 1. The van der Waals surface area contributed by atoms with Crippen LogP contribution < -0.4 is 4.72 Å². The second-order valence-electron chi connectivity index (χ2n) is 4.05. The molecular weight excluding hydrogens is 254 g/mol. The summed E-state index contributed by atoms with van der Waals surface area (Å²) in [6.07, 6.45) is 3.22. The number of aryl methyl sites for hydroxylation is 2. The van der Waals surface area contributed by atoms with Gasteiger partial charge in [-0.1, -0.05) is 0 Å². The molecule has 0 aliphatic carbocycles. The van der Waals surface area contributed by atoms with Gasteiger partial charge in [0.1, 0.15) is 4.90 Å². The first-order valence-corrected chi connectivity index (χ1v) is 6.87. The van der Waals surface area contributed by atoms with Crippen LogP contribution in [0.15, 0.2) is 17.3 Å². The first-order valence-electron chi connectivity index (χ1n) is 5.39. The van der Waals surface area contributed by atoms with Crippen LogP contribution in [-0.4, -0.2) is 28.4 Å². The number of hydrogen-bond acceptors (Lipinski definition) is 4. The van der Waals surface area contributed by atoms with Crippen LogP contribution in [0.1, 0.15) is 17.0 Å². The Labute approximate surface area is 105 Å². The van der Waals surface area contributed by atoms with Crippen molar-refractivity contribution >= 4 is 10.0 Å². The molecule has 0 radical (unpaired) electrons. The Bertz CT molecular complexity index is 642. The summed E-state index contributed by atoms with van der Waals surface area (Å²) in [5.74, 6) is 0. The molecule has 8 heteroatoms. The van der Waals surface area contributed by atoms with Crippen LogP contribution in [0.5, 0.6) is 0 Å². The second-order valence-corrected chi connectivity index (χ2v) is 5.76. The molecule has 0 aliphatic rings. The smallest absolute Gasteiger partial charge is 0.244 e. The zero-order valence-corrected chi connectivity index (χ0v) is 11.2. The van der Waals surface area contributed by atoms with Gasteiger partial charge in [0.2, 0.25) is 10.0 Å². The summed E-state index contributed by atoms with van der Waals surface area (Å²) >= 11 is 0. The molecular formula is C10H15N5O2S. The van der Waals surface area contributed by atoms with Crippen molar-refractivity contribution in [3.05, 3.63) is 29.3 Å². The van der Waals surface area contributed by atoms with Gasteiger partial charge in [-0.25, -0.2) is 13.1 Å². The topological polar surface area (TPSA) is 92.7 Å². The van der Waals surface area contributed by atoms with Crippen molar-refractivity contribution in [3.63, 3.8) is 0 Å². The largest absolute Gasteiger partial charge is 0.285 e.